The second-order valence-electron chi connectivity index (χ2n) is 6.21. The Hall–Kier alpha value is -1.60. The Balaban J connectivity index is 1.82. The summed E-state index contributed by atoms with van der Waals surface area (Å²) >= 11 is 0. The molecule has 1 saturated heterocycles. The van der Waals surface area contributed by atoms with Gasteiger partial charge in [0.05, 0.1) is 18.3 Å². The van der Waals surface area contributed by atoms with E-state index in [-0.39, 0.29) is 18.1 Å². The van der Waals surface area contributed by atoms with Crippen LogP contribution in [0.3, 0.4) is 0 Å². The second kappa shape index (κ2) is 8.31. The quantitative estimate of drug-likeness (QED) is 0.833. The standard InChI is InChI=1S/C16H28N4O3/c1-11(15-12(2)19-23-13(15)3)17-16(21)18-14-6-5-7-20(10-14)8-9-22-4/h11,14H,5-10H2,1-4H3,(H2,17,18,21). The van der Waals surface area contributed by atoms with E-state index in [2.05, 4.69) is 20.7 Å². The van der Waals surface area contributed by atoms with Crippen LogP contribution in [0.4, 0.5) is 4.79 Å². The number of methoxy groups -OCH3 is 1. The molecule has 0 saturated carbocycles. The predicted octanol–water partition coefficient (Wildman–Crippen LogP) is 1.76. The minimum Gasteiger partial charge on any atom is -0.383 e. The Bertz CT molecular complexity index is 498. The van der Waals surface area contributed by atoms with Gasteiger partial charge in [0.2, 0.25) is 0 Å². The van der Waals surface area contributed by atoms with Gasteiger partial charge in [-0.25, -0.2) is 4.79 Å². The summed E-state index contributed by atoms with van der Waals surface area (Å²) in [4.78, 5) is 14.6. The van der Waals surface area contributed by atoms with Crippen LogP contribution in [0, 0.1) is 13.8 Å². The molecule has 0 bridgehead atoms. The summed E-state index contributed by atoms with van der Waals surface area (Å²) in [6.45, 7) is 9.26. The van der Waals surface area contributed by atoms with Gasteiger partial charge >= 0.3 is 6.03 Å². The number of likely N-dealkylation sites (tertiary alicyclic amines) is 1. The topological polar surface area (TPSA) is 79.6 Å². The van der Waals surface area contributed by atoms with Gasteiger partial charge < -0.3 is 19.9 Å². The Morgan fingerprint density at radius 2 is 2.30 bits per heavy atom. The number of rotatable bonds is 6. The Kier molecular flexibility index (Phi) is 6.41. The molecule has 0 spiro atoms. The zero-order chi connectivity index (χ0) is 16.8. The number of hydrogen-bond donors (Lipinski definition) is 2. The SMILES string of the molecule is COCCN1CCCC(NC(=O)NC(C)c2c(C)noc2C)C1. The van der Waals surface area contributed by atoms with E-state index in [0.29, 0.717) is 0 Å². The smallest absolute Gasteiger partial charge is 0.315 e. The van der Waals surface area contributed by atoms with E-state index < -0.39 is 0 Å². The third-order valence-electron chi connectivity index (χ3n) is 4.32. The maximum Gasteiger partial charge on any atom is 0.315 e. The van der Waals surface area contributed by atoms with Crippen molar-refractivity contribution in [3.05, 3.63) is 17.0 Å². The lowest BCUT2D eigenvalue weighted by Crippen LogP contribution is -2.51. The first-order valence-corrected chi connectivity index (χ1v) is 8.22. The van der Waals surface area contributed by atoms with E-state index in [1.54, 1.807) is 7.11 Å². The van der Waals surface area contributed by atoms with Crippen LogP contribution < -0.4 is 10.6 Å². The number of ether oxygens (including phenoxy) is 1. The molecule has 1 aliphatic heterocycles. The number of amides is 2. The zero-order valence-electron chi connectivity index (χ0n) is 14.5. The number of nitrogens with zero attached hydrogens (tertiary/aromatic N) is 2. The lowest BCUT2D eigenvalue weighted by Gasteiger charge is -2.33. The maximum atomic E-state index is 12.2. The fraction of sp³-hybridized carbons (Fsp3) is 0.750. The van der Waals surface area contributed by atoms with Gasteiger partial charge in [0.25, 0.3) is 0 Å². The van der Waals surface area contributed by atoms with E-state index >= 15 is 0 Å². The Morgan fingerprint density at radius 3 is 2.96 bits per heavy atom. The Labute approximate surface area is 137 Å². The number of carbonyl (C=O) groups excluding carboxylic acids is 1. The van der Waals surface area contributed by atoms with Gasteiger partial charge in [-0.3, -0.25) is 4.90 Å². The van der Waals surface area contributed by atoms with Gasteiger partial charge in [0, 0.05) is 31.8 Å². The van der Waals surface area contributed by atoms with Crippen molar-refractivity contribution < 1.29 is 14.1 Å². The van der Waals surface area contributed by atoms with Crippen molar-refractivity contribution in [2.24, 2.45) is 0 Å². The zero-order valence-corrected chi connectivity index (χ0v) is 14.5. The van der Waals surface area contributed by atoms with Crippen LogP contribution in [0.1, 0.15) is 42.8 Å². The molecular formula is C16H28N4O3. The van der Waals surface area contributed by atoms with Crippen molar-refractivity contribution >= 4 is 6.03 Å². The molecule has 7 nitrogen and oxygen atoms in total. The largest absolute Gasteiger partial charge is 0.383 e. The van der Waals surface area contributed by atoms with Crippen LogP contribution in [0.2, 0.25) is 0 Å². The predicted molar refractivity (Wildman–Crippen MR) is 87.4 cm³/mol. The van der Waals surface area contributed by atoms with Crippen LogP contribution >= 0.6 is 0 Å². The molecule has 1 aromatic heterocycles. The molecular weight excluding hydrogens is 296 g/mol. The number of aryl methyl sites for hydroxylation is 2. The van der Waals surface area contributed by atoms with Crippen molar-refractivity contribution in [1.82, 2.24) is 20.7 Å². The molecule has 1 aromatic rings. The normalized spacial score (nSPS) is 20.3. The first-order valence-electron chi connectivity index (χ1n) is 8.22. The van der Waals surface area contributed by atoms with E-state index in [9.17, 15) is 4.79 Å². The monoisotopic (exact) mass is 324 g/mol. The molecule has 1 aliphatic rings. The molecule has 2 heterocycles. The van der Waals surface area contributed by atoms with E-state index in [4.69, 9.17) is 9.26 Å². The number of carbonyl (C=O) groups is 1. The van der Waals surface area contributed by atoms with Crippen molar-refractivity contribution in [2.45, 2.75) is 45.7 Å². The molecule has 0 aromatic carbocycles. The highest BCUT2D eigenvalue weighted by Crippen LogP contribution is 2.20. The van der Waals surface area contributed by atoms with Gasteiger partial charge in [-0.2, -0.15) is 0 Å². The summed E-state index contributed by atoms with van der Waals surface area (Å²) in [6.07, 6.45) is 2.10. The molecule has 2 atom stereocenters. The number of hydrogen-bond acceptors (Lipinski definition) is 5. The minimum atomic E-state index is -0.143. The van der Waals surface area contributed by atoms with Crippen LogP contribution in [-0.4, -0.2) is 55.5 Å². The molecule has 2 unspecified atom stereocenters. The van der Waals surface area contributed by atoms with Gasteiger partial charge in [0.1, 0.15) is 5.76 Å². The van der Waals surface area contributed by atoms with Gasteiger partial charge in [-0.15, -0.1) is 0 Å². The highest BCUT2D eigenvalue weighted by Gasteiger charge is 2.23. The fourth-order valence-electron chi connectivity index (χ4n) is 3.20. The lowest BCUT2D eigenvalue weighted by molar-refractivity contribution is 0.123. The van der Waals surface area contributed by atoms with E-state index in [1.165, 1.54) is 0 Å². The highest BCUT2D eigenvalue weighted by molar-refractivity contribution is 5.74. The summed E-state index contributed by atoms with van der Waals surface area (Å²) in [5.74, 6) is 0.749. The lowest BCUT2D eigenvalue weighted by atomic mass is 10.1. The van der Waals surface area contributed by atoms with Gasteiger partial charge in [0.15, 0.2) is 0 Å². The summed E-state index contributed by atoms with van der Waals surface area (Å²) in [7, 11) is 1.71. The summed E-state index contributed by atoms with van der Waals surface area (Å²) in [5, 5.41) is 9.98. The van der Waals surface area contributed by atoms with E-state index in [0.717, 1.165) is 56.1 Å². The minimum absolute atomic E-state index is 0.130. The first-order chi connectivity index (χ1) is 11.0. The number of urea groups is 1. The molecule has 2 N–H and O–H groups in total. The number of piperidine rings is 1. The summed E-state index contributed by atoms with van der Waals surface area (Å²) < 4.78 is 10.3. The van der Waals surface area contributed by atoms with E-state index in [1.807, 2.05) is 20.8 Å². The second-order valence-corrected chi connectivity index (χ2v) is 6.21. The van der Waals surface area contributed by atoms with Crippen molar-refractivity contribution in [1.29, 1.82) is 0 Å². The van der Waals surface area contributed by atoms with Crippen molar-refractivity contribution in [3.8, 4) is 0 Å². The fourth-order valence-corrected chi connectivity index (χ4v) is 3.20. The molecule has 7 heteroatoms. The molecule has 1 fully saturated rings. The van der Waals surface area contributed by atoms with Crippen LogP contribution in [0.25, 0.3) is 0 Å². The molecule has 0 radical (unpaired) electrons. The molecule has 2 amide bonds. The molecule has 130 valence electrons. The highest BCUT2D eigenvalue weighted by atomic mass is 16.5. The van der Waals surface area contributed by atoms with Crippen LogP contribution in [0.15, 0.2) is 4.52 Å². The molecule has 23 heavy (non-hydrogen) atoms. The third kappa shape index (κ3) is 4.94. The van der Waals surface area contributed by atoms with Crippen LogP contribution in [0.5, 0.6) is 0 Å². The third-order valence-corrected chi connectivity index (χ3v) is 4.32. The summed E-state index contributed by atoms with van der Waals surface area (Å²) in [6, 6.07) is -0.0944. The molecule has 0 aliphatic carbocycles. The average Bonchev–Trinajstić information content (AvgIpc) is 2.84. The number of nitrogens with one attached hydrogen (secondary N) is 2. The van der Waals surface area contributed by atoms with Crippen LogP contribution in [-0.2, 0) is 4.74 Å². The molecule has 2 rings (SSSR count). The first kappa shape index (κ1) is 17.7. The van der Waals surface area contributed by atoms with Crippen molar-refractivity contribution in [2.75, 3.05) is 33.4 Å². The average molecular weight is 324 g/mol. The Morgan fingerprint density at radius 1 is 1.52 bits per heavy atom. The maximum absolute atomic E-state index is 12.2. The van der Waals surface area contributed by atoms with Gasteiger partial charge in [-0.05, 0) is 40.2 Å². The van der Waals surface area contributed by atoms with Gasteiger partial charge in [-0.1, -0.05) is 5.16 Å². The van der Waals surface area contributed by atoms with Crippen molar-refractivity contribution in [3.63, 3.8) is 0 Å². The summed E-state index contributed by atoms with van der Waals surface area (Å²) in [5.41, 5.74) is 1.77. The number of aromatic nitrogens is 1.